The van der Waals surface area contributed by atoms with E-state index in [0.717, 1.165) is 26.0 Å². The predicted molar refractivity (Wildman–Crippen MR) is 157 cm³/mol. The highest BCUT2D eigenvalue weighted by atomic mass is 19.4. The van der Waals surface area contributed by atoms with E-state index in [-0.39, 0.29) is 23.5 Å². The number of hydrogen-bond donors (Lipinski definition) is 2. The van der Waals surface area contributed by atoms with Gasteiger partial charge in [0.15, 0.2) is 0 Å². The third-order valence-electron chi connectivity index (χ3n) is 6.65. The second-order valence-corrected chi connectivity index (χ2v) is 9.95. The van der Waals surface area contributed by atoms with Crippen LogP contribution in [0.5, 0.6) is 17.2 Å². The van der Waals surface area contributed by atoms with Crippen molar-refractivity contribution in [3.8, 4) is 17.2 Å². The summed E-state index contributed by atoms with van der Waals surface area (Å²) in [7, 11) is 1.10. The Morgan fingerprint density at radius 1 is 0.907 bits per heavy atom. The number of carbonyl (C=O) groups is 2. The summed E-state index contributed by atoms with van der Waals surface area (Å²) in [6.45, 7) is 6.26. The Bertz CT molecular complexity index is 1370. The molecule has 7 nitrogen and oxygen atoms in total. The Balaban J connectivity index is 1.56. The van der Waals surface area contributed by atoms with Crippen LogP contribution in [0.2, 0.25) is 0 Å². The number of carbonyl (C=O) groups excluding carboxylic acids is 2. The first kappa shape index (κ1) is 33.0. The molecule has 0 radical (unpaired) electrons. The molecule has 0 fully saturated rings. The third kappa shape index (κ3) is 10.1. The standard InChI is InChI=1S/C33H36F3NO6/c1-4-5-6-7-8-19-42-26-16-11-24(12-17-26)32(40)43-27-14-9-23(10-15-27)20-29(22(2)38)37-31(39)25-13-18-30(41-3)28(21-25)33(34,35)36/h9-18,21,29,38H,2,4-8,19-20H2,1,3H3,(H,37,39)/t29-/m0/s1. The minimum atomic E-state index is -4.72. The van der Waals surface area contributed by atoms with Crippen LogP contribution in [0.25, 0.3) is 0 Å². The summed E-state index contributed by atoms with van der Waals surface area (Å²) in [5, 5.41) is 12.6. The van der Waals surface area contributed by atoms with Gasteiger partial charge in [0, 0.05) is 5.56 Å². The molecule has 230 valence electrons. The van der Waals surface area contributed by atoms with Crippen LogP contribution in [0.1, 0.15) is 70.9 Å². The van der Waals surface area contributed by atoms with Crippen molar-refractivity contribution in [2.24, 2.45) is 0 Å². The van der Waals surface area contributed by atoms with E-state index in [0.29, 0.717) is 29.5 Å². The number of unbranched alkanes of at least 4 members (excludes halogenated alkanes) is 4. The predicted octanol–water partition coefficient (Wildman–Crippen LogP) is 7.70. The highest BCUT2D eigenvalue weighted by Gasteiger charge is 2.35. The summed E-state index contributed by atoms with van der Waals surface area (Å²) < 4.78 is 56.0. The number of amides is 1. The number of halogens is 3. The van der Waals surface area contributed by atoms with Crippen molar-refractivity contribution in [1.29, 1.82) is 0 Å². The second kappa shape index (κ2) is 15.7. The maximum absolute atomic E-state index is 13.4. The van der Waals surface area contributed by atoms with Gasteiger partial charge in [-0.1, -0.05) is 51.3 Å². The van der Waals surface area contributed by atoms with Crippen molar-refractivity contribution in [1.82, 2.24) is 5.32 Å². The van der Waals surface area contributed by atoms with Gasteiger partial charge in [-0.25, -0.2) is 4.79 Å². The lowest BCUT2D eigenvalue weighted by Gasteiger charge is -2.19. The Morgan fingerprint density at radius 3 is 2.14 bits per heavy atom. The number of ether oxygens (including phenoxy) is 3. The van der Waals surface area contributed by atoms with Crippen molar-refractivity contribution < 1.29 is 42.1 Å². The molecule has 0 unspecified atom stereocenters. The molecule has 1 atom stereocenters. The van der Waals surface area contributed by atoms with Crippen molar-refractivity contribution in [2.45, 2.75) is 57.7 Å². The van der Waals surface area contributed by atoms with Gasteiger partial charge in [-0.05, 0) is 73.0 Å². The molecule has 0 bridgehead atoms. The first-order chi connectivity index (χ1) is 20.5. The van der Waals surface area contributed by atoms with Gasteiger partial charge in [-0.2, -0.15) is 13.2 Å². The largest absolute Gasteiger partial charge is 0.511 e. The number of aliphatic hydroxyl groups is 1. The van der Waals surface area contributed by atoms with E-state index in [2.05, 4.69) is 18.8 Å². The number of hydrogen-bond acceptors (Lipinski definition) is 6. The molecule has 0 heterocycles. The van der Waals surface area contributed by atoms with Crippen molar-refractivity contribution in [3.63, 3.8) is 0 Å². The van der Waals surface area contributed by atoms with Crippen LogP contribution in [0, 0.1) is 0 Å². The van der Waals surface area contributed by atoms with Crippen LogP contribution in [-0.4, -0.2) is 36.7 Å². The molecule has 0 saturated carbocycles. The molecule has 0 saturated heterocycles. The summed E-state index contributed by atoms with van der Waals surface area (Å²) in [6, 6.07) is 15.0. The second-order valence-electron chi connectivity index (χ2n) is 9.95. The number of benzene rings is 3. The van der Waals surface area contributed by atoms with E-state index >= 15 is 0 Å². The van der Waals surface area contributed by atoms with Gasteiger partial charge in [-0.3, -0.25) is 4.79 Å². The normalized spacial score (nSPS) is 11.8. The fourth-order valence-electron chi connectivity index (χ4n) is 4.24. The topological polar surface area (TPSA) is 94.1 Å². The van der Waals surface area contributed by atoms with Crippen LogP contribution in [0.15, 0.2) is 79.1 Å². The molecule has 2 N–H and O–H groups in total. The van der Waals surface area contributed by atoms with Crippen LogP contribution in [0.3, 0.4) is 0 Å². The van der Waals surface area contributed by atoms with E-state index in [4.69, 9.17) is 14.2 Å². The number of rotatable bonds is 15. The molecular weight excluding hydrogens is 563 g/mol. The SMILES string of the molecule is C=C(O)[C@H](Cc1ccc(OC(=O)c2ccc(OCCCCCCC)cc2)cc1)NC(=O)c1ccc(OC)c(C(F)(F)F)c1. The monoisotopic (exact) mass is 599 g/mol. The molecule has 0 aliphatic heterocycles. The van der Waals surface area contributed by atoms with E-state index in [1.54, 1.807) is 48.5 Å². The average molecular weight is 600 g/mol. The number of esters is 1. The van der Waals surface area contributed by atoms with Crippen LogP contribution < -0.4 is 19.5 Å². The number of aliphatic hydroxyl groups excluding tert-OH is 1. The van der Waals surface area contributed by atoms with Crippen molar-refractivity contribution in [2.75, 3.05) is 13.7 Å². The number of methoxy groups -OCH3 is 1. The summed E-state index contributed by atoms with van der Waals surface area (Å²) in [5.41, 5.74) is -0.360. The maximum atomic E-state index is 13.4. The van der Waals surface area contributed by atoms with E-state index < -0.39 is 35.4 Å². The van der Waals surface area contributed by atoms with Gasteiger partial charge in [0.05, 0.1) is 30.9 Å². The van der Waals surface area contributed by atoms with Gasteiger partial charge < -0.3 is 24.6 Å². The van der Waals surface area contributed by atoms with E-state index in [9.17, 15) is 27.9 Å². The molecule has 0 aliphatic rings. The van der Waals surface area contributed by atoms with Crippen LogP contribution >= 0.6 is 0 Å². The lowest BCUT2D eigenvalue weighted by molar-refractivity contribution is -0.138. The quantitative estimate of drug-likeness (QED) is 0.0805. The van der Waals surface area contributed by atoms with Crippen molar-refractivity contribution >= 4 is 11.9 Å². The minimum Gasteiger partial charge on any atom is -0.511 e. The van der Waals surface area contributed by atoms with E-state index in [1.165, 1.54) is 25.3 Å². The highest BCUT2D eigenvalue weighted by Crippen LogP contribution is 2.36. The van der Waals surface area contributed by atoms with Gasteiger partial charge in [0.2, 0.25) is 0 Å². The Kier molecular flexibility index (Phi) is 12.0. The molecule has 1 amide bonds. The van der Waals surface area contributed by atoms with E-state index in [1.807, 2.05) is 0 Å². The summed E-state index contributed by atoms with van der Waals surface area (Å²) >= 11 is 0. The Labute approximate surface area is 249 Å². The molecular formula is C33H36F3NO6. The first-order valence-corrected chi connectivity index (χ1v) is 14.0. The highest BCUT2D eigenvalue weighted by molar-refractivity contribution is 5.95. The lowest BCUT2D eigenvalue weighted by atomic mass is 10.0. The molecule has 3 aromatic rings. The zero-order valence-electron chi connectivity index (χ0n) is 24.2. The molecule has 43 heavy (non-hydrogen) atoms. The third-order valence-corrected chi connectivity index (χ3v) is 6.65. The van der Waals surface area contributed by atoms with Gasteiger partial charge in [0.1, 0.15) is 23.0 Å². The molecule has 0 spiro atoms. The molecule has 0 aromatic heterocycles. The lowest BCUT2D eigenvalue weighted by Crippen LogP contribution is -2.37. The smallest absolute Gasteiger partial charge is 0.419 e. The molecule has 10 heteroatoms. The maximum Gasteiger partial charge on any atom is 0.419 e. The summed E-state index contributed by atoms with van der Waals surface area (Å²) in [6.07, 6.45) is 1.06. The summed E-state index contributed by atoms with van der Waals surface area (Å²) in [5.74, 6) is -1.22. The number of nitrogens with one attached hydrogen (secondary N) is 1. The Hall–Kier alpha value is -4.47. The van der Waals surface area contributed by atoms with Crippen LogP contribution in [0.4, 0.5) is 13.2 Å². The van der Waals surface area contributed by atoms with Gasteiger partial charge in [0.25, 0.3) is 5.91 Å². The molecule has 0 aliphatic carbocycles. The minimum absolute atomic E-state index is 0.0810. The fourth-order valence-corrected chi connectivity index (χ4v) is 4.24. The average Bonchev–Trinajstić information content (AvgIpc) is 2.98. The number of alkyl halides is 3. The van der Waals surface area contributed by atoms with Crippen LogP contribution in [-0.2, 0) is 12.6 Å². The Morgan fingerprint density at radius 2 is 1.53 bits per heavy atom. The molecule has 3 aromatic carbocycles. The first-order valence-electron chi connectivity index (χ1n) is 14.0. The van der Waals surface area contributed by atoms with Crippen molar-refractivity contribution in [3.05, 3.63) is 101 Å². The van der Waals surface area contributed by atoms with Gasteiger partial charge in [-0.15, -0.1) is 0 Å². The fraction of sp³-hybridized carbons (Fsp3) is 0.333. The zero-order valence-corrected chi connectivity index (χ0v) is 24.2. The summed E-state index contributed by atoms with van der Waals surface area (Å²) in [4.78, 5) is 25.3. The molecule has 3 rings (SSSR count). The zero-order chi connectivity index (χ0) is 31.4. The van der Waals surface area contributed by atoms with Gasteiger partial charge >= 0.3 is 12.1 Å².